The molecular weight excluding hydrogens is 184 g/mol. The third-order valence-corrected chi connectivity index (χ3v) is 6.55. The van der Waals surface area contributed by atoms with Crippen molar-refractivity contribution >= 4 is 32.2 Å². The van der Waals surface area contributed by atoms with E-state index in [0.717, 1.165) is 5.75 Å². The van der Waals surface area contributed by atoms with E-state index in [-0.39, 0.29) is 19.6 Å². The Morgan fingerprint density at radius 2 is 2.00 bits per heavy atom. The van der Waals surface area contributed by atoms with Gasteiger partial charge in [0.2, 0.25) is 10.9 Å². The quantitative estimate of drug-likeness (QED) is 0.291. The lowest BCUT2D eigenvalue weighted by atomic mass is 10.6. The van der Waals surface area contributed by atoms with Crippen molar-refractivity contribution in [3.05, 3.63) is 0 Å². The summed E-state index contributed by atoms with van der Waals surface area (Å²) in [5, 5.41) is 0. The van der Waals surface area contributed by atoms with Crippen molar-refractivity contribution in [1.29, 1.82) is 0 Å². The summed E-state index contributed by atoms with van der Waals surface area (Å²) in [6.45, 7) is 0. The maximum atomic E-state index is 5.09. The Kier molecular flexibility index (Phi) is 8.60. The molecule has 0 aromatic rings. The van der Waals surface area contributed by atoms with Crippen LogP contribution in [0.25, 0.3) is 0 Å². The molecule has 0 atom stereocenters. The van der Waals surface area contributed by atoms with Gasteiger partial charge in [-0.25, -0.2) is 0 Å². The number of rotatable bonds is 6. The van der Waals surface area contributed by atoms with E-state index in [9.17, 15) is 0 Å². The van der Waals surface area contributed by atoms with E-state index >= 15 is 0 Å². The van der Waals surface area contributed by atoms with Crippen molar-refractivity contribution in [3.8, 4) is 0 Å². The topological polar surface area (TPSA) is 18.5 Å². The molecule has 0 amide bonds. The van der Waals surface area contributed by atoms with E-state index in [2.05, 4.69) is 12.6 Å². The van der Waals surface area contributed by atoms with E-state index in [0.29, 0.717) is 0 Å². The monoisotopic (exact) mass is 199 g/mol. The summed E-state index contributed by atoms with van der Waals surface area (Å²) in [6.07, 6.45) is 1.20. The lowest BCUT2D eigenvalue weighted by Crippen LogP contribution is -2.14. The van der Waals surface area contributed by atoms with Crippen LogP contribution in [0.3, 0.4) is 0 Å². The Morgan fingerprint density at radius 1 is 1.40 bits per heavy atom. The molecule has 0 aliphatic carbocycles. The Morgan fingerprint density at radius 3 is 2.40 bits per heavy atom. The first-order chi connectivity index (χ1) is 4.85. The van der Waals surface area contributed by atoms with E-state index < -0.39 is 0 Å². The minimum atomic E-state index is -0.151. The predicted molar refractivity (Wildman–Crippen MR) is 53.2 cm³/mol. The standard InChI is InChI=1S/C5H14O2S2Si/c1-6-9(7-2)10-5-3-4-8/h3-5,10H2,1-2H3/p+1. The molecule has 62 valence electrons. The average Bonchev–Trinajstić information content (AvgIpc) is 1.99. The van der Waals surface area contributed by atoms with Gasteiger partial charge in [0, 0.05) is 0 Å². The largest absolute Gasteiger partial charge is 0.355 e. The van der Waals surface area contributed by atoms with Crippen molar-refractivity contribution in [3.63, 3.8) is 0 Å². The zero-order valence-corrected chi connectivity index (χ0v) is 9.63. The zero-order valence-electron chi connectivity index (χ0n) is 6.50. The zero-order chi connectivity index (χ0) is 7.82. The highest BCUT2D eigenvalue weighted by Gasteiger charge is 2.17. The third kappa shape index (κ3) is 5.61. The molecule has 0 aromatic heterocycles. The van der Waals surface area contributed by atoms with Crippen molar-refractivity contribution in [2.75, 3.05) is 20.0 Å². The van der Waals surface area contributed by atoms with Crippen molar-refractivity contribution in [2.24, 2.45) is 0 Å². The Hall–Kier alpha value is 0.837. The van der Waals surface area contributed by atoms with Crippen molar-refractivity contribution in [2.45, 2.75) is 12.5 Å². The first kappa shape index (κ1) is 10.8. The molecule has 0 unspecified atom stereocenters. The molecule has 0 saturated heterocycles. The van der Waals surface area contributed by atoms with Gasteiger partial charge in [-0.3, -0.25) is 0 Å². The normalized spacial score (nSPS) is 12.0. The molecule has 10 heavy (non-hydrogen) atoms. The second-order valence-electron chi connectivity index (χ2n) is 1.77. The van der Waals surface area contributed by atoms with Gasteiger partial charge in [-0.15, -0.1) is 0 Å². The predicted octanol–water partition coefficient (Wildman–Crippen LogP) is 0.549. The number of hydrogen-bond acceptors (Lipinski definition) is 3. The van der Waals surface area contributed by atoms with E-state index in [1.807, 2.05) is 0 Å². The molecule has 0 N–H and O–H groups in total. The SMILES string of the molecule is CO[S+](OC)[SiH2]CCCS. The molecule has 5 heteroatoms. The lowest BCUT2D eigenvalue weighted by molar-refractivity contribution is 0.371. The van der Waals surface area contributed by atoms with Gasteiger partial charge < -0.3 is 0 Å². The van der Waals surface area contributed by atoms with Crippen LogP contribution in [-0.2, 0) is 19.3 Å². The lowest BCUT2D eigenvalue weighted by Gasteiger charge is -1.97. The van der Waals surface area contributed by atoms with E-state index in [4.69, 9.17) is 8.37 Å². The van der Waals surface area contributed by atoms with Crippen LogP contribution < -0.4 is 0 Å². The molecular formula is C5H15O2S2Si+. The first-order valence-electron chi connectivity index (χ1n) is 3.25. The average molecular weight is 199 g/mol. The van der Waals surface area contributed by atoms with Crippen LogP contribution in [0.5, 0.6) is 0 Å². The van der Waals surface area contributed by atoms with Crippen LogP contribution in [0, 0.1) is 0 Å². The summed E-state index contributed by atoms with van der Waals surface area (Å²) in [6, 6.07) is 1.27. The van der Waals surface area contributed by atoms with Crippen LogP contribution in [-0.4, -0.2) is 28.6 Å². The van der Waals surface area contributed by atoms with E-state index in [1.54, 1.807) is 14.2 Å². The third-order valence-electron chi connectivity index (χ3n) is 1.09. The van der Waals surface area contributed by atoms with Gasteiger partial charge >= 0.3 is 8.67 Å². The molecule has 2 nitrogen and oxygen atoms in total. The van der Waals surface area contributed by atoms with Gasteiger partial charge in [0.05, 0.1) is 14.2 Å². The molecule has 0 rings (SSSR count). The van der Waals surface area contributed by atoms with Crippen LogP contribution in [0.1, 0.15) is 6.42 Å². The summed E-state index contributed by atoms with van der Waals surface area (Å²) in [5.41, 5.74) is 0. The van der Waals surface area contributed by atoms with Crippen LogP contribution in [0.4, 0.5) is 0 Å². The molecule has 0 aliphatic heterocycles. The summed E-state index contributed by atoms with van der Waals surface area (Å²) < 4.78 is 10.2. The maximum Gasteiger partial charge on any atom is 0.355 e. The first-order valence-corrected chi connectivity index (χ1v) is 7.86. The Labute approximate surface area is 73.3 Å². The Bertz CT molecular complexity index is 70.7. The van der Waals surface area contributed by atoms with Crippen LogP contribution >= 0.6 is 12.6 Å². The fraction of sp³-hybridized carbons (Fsp3) is 1.00. The summed E-state index contributed by atoms with van der Waals surface area (Å²) >= 11 is 4.13. The second-order valence-corrected chi connectivity index (χ2v) is 7.25. The molecule has 0 aliphatic rings. The van der Waals surface area contributed by atoms with Gasteiger partial charge in [0.15, 0.2) is 0 Å². The number of thiol groups is 1. The van der Waals surface area contributed by atoms with Gasteiger partial charge in [0.25, 0.3) is 0 Å². The fourth-order valence-corrected chi connectivity index (χ4v) is 4.69. The summed E-state index contributed by atoms with van der Waals surface area (Å²) in [4.78, 5) is 0. The highest BCUT2D eigenvalue weighted by atomic mass is 32.4. The number of hydrogen-bond donors (Lipinski definition) is 1. The van der Waals surface area contributed by atoms with Gasteiger partial charge in [-0.05, 0) is 18.2 Å². The minimum Gasteiger partial charge on any atom is -0.179 e. The van der Waals surface area contributed by atoms with Crippen molar-refractivity contribution < 1.29 is 8.37 Å². The molecule has 0 bridgehead atoms. The summed E-state index contributed by atoms with van der Waals surface area (Å²) in [5.74, 6) is 0.984. The molecule has 0 spiro atoms. The highest BCUT2D eigenvalue weighted by Crippen LogP contribution is 2.01. The molecule has 0 fully saturated rings. The highest BCUT2D eigenvalue weighted by molar-refractivity contribution is 8.12. The second kappa shape index (κ2) is 7.94. The molecule has 0 radical (unpaired) electrons. The van der Waals surface area contributed by atoms with E-state index in [1.165, 1.54) is 12.5 Å². The summed E-state index contributed by atoms with van der Waals surface area (Å²) in [7, 11) is 3.13. The van der Waals surface area contributed by atoms with Crippen LogP contribution in [0.15, 0.2) is 0 Å². The molecule has 0 saturated carbocycles. The smallest absolute Gasteiger partial charge is 0.179 e. The van der Waals surface area contributed by atoms with Crippen LogP contribution in [0.2, 0.25) is 6.04 Å². The molecule has 0 aromatic carbocycles. The minimum absolute atomic E-state index is 0.135. The van der Waals surface area contributed by atoms with Gasteiger partial charge in [0.1, 0.15) is 0 Å². The van der Waals surface area contributed by atoms with Gasteiger partial charge in [-0.2, -0.15) is 21.0 Å². The van der Waals surface area contributed by atoms with Crippen molar-refractivity contribution in [1.82, 2.24) is 0 Å². The Balaban J connectivity index is 3.09. The maximum absolute atomic E-state index is 5.09. The molecule has 0 heterocycles. The van der Waals surface area contributed by atoms with Gasteiger partial charge in [-0.1, -0.05) is 0 Å². The fourth-order valence-electron chi connectivity index (χ4n) is 0.566.